The molecule has 2 aromatic rings. The first-order valence-corrected chi connectivity index (χ1v) is 9.66. The molecule has 2 aromatic carbocycles. The molecule has 3 N–H and O–H groups in total. The number of nitrogens with one attached hydrogen (secondary N) is 3. The second-order valence-electron chi connectivity index (χ2n) is 7.51. The van der Waals surface area contributed by atoms with Crippen molar-refractivity contribution in [3.63, 3.8) is 0 Å². The van der Waals surface area contributed by atoms with Gasteiger partial charge in [-0.05, 0) is 45.0 Å². The highest BCUT2D eigenvalue weighted by Crippen LogP contribution is 2.22. The van der Waals surface area contributed by atoms with Crippen molar-refractivity contribution in [3.8, 4) is 5.75 Å². The van der Waals surface area contributed by atoms with E-state index in [1.807, 2.05) is 18.2 Å². The monoisotopic (exact) mass is 425 g/mol. The van der Waals surface area contributed by atoms with E-state index in [0.29, 0.717) is 17.1 Å². The molecular formula is C23H27N3O5. The quantitative estimate of drug-likeness (QED) is 0.585. The average Bonchev–Trinajstić information content (AvgIpc) is 2.71. The molecule has 0 saturated carbocycles. The van der Waals surface area contributed by atoms with E-state index in [1.165, 1.54) is 6.08 Å². The van der Waals surface area contributed by atoms with E-state index >= 15 is 0 Å². The van der Waals surface area contributed by atoms with Crippen LogP contribution in [0.3, 0.4) is 0 Å². The first-order chi connectivity index (χ1) is 14.7. The zero-order valence-electron chi connectivity index (χ0n) is 18.0. The zero-order valence-corrected chi connectivity index (χ0v) is 18.0. The van der Waals surface area contributed by atoms with Crippen LogP contribution < -0.4 is 20.7 Å². The lowest BCUT2D eigenvalue weighted by Gasteiger charge is -2.19. The SMILES string of the molecule is COc1ccccc1/C=C/C(=O)Nc1ccccc1NC(=O)CNC(=O)OC(C)(C)C. The van der Waals surface area contributed by atoms with Gasteiger partial charge in [0.15, 0.2) is 0 Å². The minimum absolute atomic E-state index is 0.273. The summed E-state index contributed by atoms with van der Waals surface area (Å²) < 4.78 is 10.3. The van der Waals surface area contributed by atoms with Gasteiger partial charge in [-0.1, -0.05) is 30.3 Å². The highest BCUT2D eigenvalue weighted by Gasteiger charge is 2.17. The lowest BCUT2D eigenvalue weighted by Crippen LogP contribution is -2.37. The molecule has 8 nitrogen and oxygen atoms in total. The van der Waals surface area contributed by atoms with Crippen LogP contribution in [0.15, 0.2) is 54.6 Å². The summed E-state index contributed by atoms with van der Waals surface area (Å²) >= 11 is 0. The predicted octanol–water partition coefficient (Wildman–Crippen LogP) is 3.81. The fourth-order valence-corrected chi connectivity index (χ4v) is 2.51. The molecule has 0 atom stereocenters. The van der Waals surface area contributed by atoms with Crippen molar-refractivity contribution in [1.29, 1.82) is 0 Å². The van der Waals surface area contributed by atoms with E-state index in [9.17, 15) is 14.4 Å². The highest BCUT2D eigenvalue weighted by atomic mass is 16.6. The van der Waals surface area contributed by atoms with Crippen LogP contribution in [0.2, 0.25) is 0 Å². The van der Waals surface area contributed by atoms with E-state index < -0.39 is 17.6 Å². The Bertz CT molecular complexity index is 964. The number of rotatable bonds is 7. The number of para-hydroxylation sites is 3. The van der Waals surface area contributed by atoms with Crippen LogP contribution >= 0.6 is 0 Å². The molecule has 0 aliphatic carbocycles. The average molecular weight is 425 g/mol. The fraction of sp³-hybridized carbons (Fsp3) is 0.261. The minimum Gasteiger partial charge on any atom is -0.496 e. The number of amides is 3. The molecule has 0 aliphatic rings. The van der Waals surface area contributed by atoms with Crippen molar-refractivity contribution in [2.75, 3.05) is 24.3 Å². The van der Waals surface area contributed by atoms with Crippen molar-refractivity contribution in [2.24, 2.45) is 0 Å². The lowest BCUT2D eigenvalue weighted by atomic mass is 10.2. The van der Waals surface area contributed by atoms with Gasteiger partial charge in [0.05, 0.1) is 18.5 Å². The number of ether oxygens (including phenoxy) is 2. The Morgan fingerprint density at radius 3 is 2.19 bits per heavy atom. The van der Waals surface area contributed by atoms with Crippen LogP contribution in [0.4, 0.5) is 16.2 Å². The number of carbonyl (C=O) groups is 3. The maximum Gasteiger partial charge on any atom is 0.408 e. The molecule has 0 unspecified atom stereocenters. The Balaban J connectivity index is 1.97. The molecule has 0 aromatic heterocycles. The Labute approximate surface area is 181 Å². The molecule has 0 bridgehead atoms. The normalized spacial score (nSPS) is 11.0. The lowest BCUT2D eigenvalue weighted by molar-refractivity contribution is -0.115. The Morgan fingerprint density at radius 2 is 1.55 bits per heavy atom. The van der Waals surface area contributed by atoms with Gasteiger partial charge in [0.1, 0.15) is 17.9 Å². The van der Waals surface area contributed by atoms with Crippen LogP contribution in [-0.4, -0.2) is 37.2 Å². The van der Waals surface area contributed by atoms with Crippen molar-refractivity contribution >= 4 is 35.4 Å². The molecule has 3 amide bonds. The molecule has 8 heteroatoms. The van der Waals surface area contributed by atoms with Gasteiger partial charge in [-0.25, -0.2) is 4.79 Å². The Kier molecular flexibility index (Phi) is 8.19. The molecule has 0 aliphatic heterocycles. The molecule has 0 radical (unpaired) electrons. The van der Waals surface area contributed by atoms with Gasteiger partial charge < -0.3 is 25.4 Å². The van der Waals surface area contributed by atoms with Gasteiger partial charge in [-0.3, -0.25) is 9.59 Å². The van der Waals surface area contributed by atoms with Crippen LogP contribution in [-0.2, 0) is 14.3 Å². The number of hydrogen-bond acceptors (Lipinski definition) is 5. The van der Waals surface area contributed by atoms with E-state index in [1.54, 1.807) is 64.3 Å². The number of anilines is 2. The third-order valence-electron chi connectivity index (χ3n) is 3.80. The molecule has 0 saturated heterocycles. The number of benzene rings is 2. The smallest absolute Gasteiger partial charge is 0.408 e. The topological polar surface area (TPSA) is 106 Å². The maximum atomic E-state index is 12.3. The molecular weight excluding hydrogens is 398 g/mol. The van der Waals surface area contributed by atoms with Crippen molar-refractivity contribution in [1.82, 2.24) is 5.32 Å². The molecule has 31 heavy (non-hydrogen) atoms. The minimum atomic E-state index is -0.689. The molecule has 0 heterocycles. The Hall–Kier alpha value is -3.81. The summed E-state index contributed by atoms with van der Waals surface area (Å²) in [6.45, 7) is 4.92. The van der Waals surface area contributed by atoms with Crippen molar-refractivity contribution < 1.29 is 23.9 Å². The maximum absolute atomic E-state index is 12.3. The van der Waals surface area contributed by atoms with Crippen LogP contribution in [0.25, 0.3) is 6.08 Å². The van der Waals surface area contributed by atoms with Gasteiger partial charge in [-0.15, -0.1) is 0 Å². The van der Waals surface area contributed by atoms with Gasteiger partial charge in [0.25, 0.3) is 0 Å². The van der Waals surface area contributed by atoms with Gasteiger partial charge in [-0.2, -0.15) is 0 Å². The van der Waals surface area contributed by atoms with E-state index in [-0.39, 0.29) is 12.5 Å². The number of alkyl carbamates (subject to hydrolysis) is 1. The van der Waals surface area contributed by atoms with Gasteiger partial charge in [0.2, 0.25) is 11.8 Å². The van der Waals surface area contributed by atoms with Crippen LogP contribution in [0, 0.1) is 0 Å². The summed E-state index contributed by atoms with van der Waals surface area (Å²) in [7, 11) is 1.56. The third kappa shape index (κ3) is 8.22. The number of methoxy groups -OCH3 is 1. The summed E-state index contributed by atoms with van der Waals surface area (Å²) in [5.74, 6) is -0.187. The van der Waals surface area contributed by atoms with E-state index in [0.717, 1.165) is 5.56 Å². The first-order valence-electron chi connectivity index (χ1n) is 9.66. The van der Waals surface area contributed by atoms with Crippen molar-refractivity contribution in [3.05, 3.63) is 60.2 Å². The highest BCUT2D eigenvalue weighted by molar-refractivity contribution is 6.06. The number of hydrogen-bond donors (Lipinski definition) is 3. The summed E-state index contributed by atoms with van der Waals surface area (Å²) in [5, 5.41) is 7.77. The second-order valence-corrected chi connectivity index (χ2v) is 7.51. The molecule has 0 fully saturated rings. The second kappa shape index (κ2) is 10.8. The summed E-state index contributed by atoms with van der Waals surface area (Å²) in [6.07, 6.45) is 2.33. The van der Waals surface area contributed by atoms with Gasteiger partial charge >= 0.3 is 6.09 Å². The zero-order chi connectivity index (χ0) is 22.9. The predicted molar refractivity (Wildman–Crippen MR) is 120 cm³/mol. The van der Waals surface area contributed by atoms with Crippen LogP contribution in [0.1, 0.15) is 26.3 Å². The van der Waals surface area contributed by atoms with E-state index in [4.69, 9.17) is 9.47 Å². The summed E-state index contributed by atoms with van der Waals surface area (Å²) in [5.41, 5.74) is 0.921. The first kappa shape index (κ1) is 23.5. The third-order valence-corrected chi connectivity index (χ3v) is 3.80. The molecule has 2 rings (SSSR count). The number of carbonyl (C=O) groups excluding carboxylic acids is 3. The fourth-order valence-electron chi connectivity index (χ4n) is 2.51. The van der Waals surface area contributed by atoms with E-state index in [2.05, 4.69) is 16.0 Å². The summed E-state index contributed by atoms with van der Waals surface area (Å²) in [6, 6.07) is 14.1. The summed E-state index contributed by atoms with van der Waals surface area (Å²) in [4.78, 5) is 36.2. The molecule has 164 valence electrons. The van der Waals surface area contributed by atoms with Crippen LogP contribution in [0.5, 0.6) is 5.75 Å². The van der Waals surface area contributed by atoms with Gasteiger partial charge in [0, 0.05) is 11.6 Å². The standard InChI is InChI=1S/C23H27N3O5/c1-23(2,3)31-22(29)24-15-21(28)26-18-11-7-6-10-17(18)25-20(27)14-13-16-9-5-8-12-19(16)30-4/h5-14H,15H2,1-4H3,(H,24,29)(H,25,27)(H,26,28)/b14-13+. The van der Waals surface area contributed by atoms with Crippen molar-refractivity contribution in [2.45, 2.75) is 26.4 Å². The largest absolute Gasteiger partial charge is 0.496 e. The molecule has 0 spiro atoms. The Morgan fingerprint density at radius 1 is 0.935 bits per heavy atom.